The molecule has 0 atom stereocenters. The molecule has 1 amide bonds. The first-order valence-electron chi connectivity index (χ1n) is 6.29. The predicted octanol–water partition coefficient (Wildman–Crippen LogP) is 0.879. The van der Waals surface area contributed by atoms with E-state index < -0.39 is 0 Å². The molecule has 0 heterocycles. The summed E-state index contributed by atoms with van der Waals surface area (Å²) in [4.78, 5) is 13.8. The van der Waals surface area contributed by atoms with Gasteiger partial charge < -0.3 is 15.7 Å². The zero-order valence-electron chi connectivity index (χ0n) is 10.2. The van der Waals surface area contributed by atoms with Crippen molar-refractivity contribution in [2.24, 2.45) is 5.73 Å². The van der Waals surface area contributed by atoms with Crippen molar-refractivity contribution >= 4 is 5.91 Å². The molecule has 0 aromatic carbocycles. The Morgan fingerprint density at radius 2 is 2.06 bits per heavy atom. The van der Waals surface area contributed by atoms with Crippen LogP contribution in [0.2, 0.25) is 0 Å². The van der Waals surface area contributed by atoms with Gasteiger partial charge in [-0.2, -0.15) is 0 Å². The number of hydrogen-bond acceptors (Lipinski definition) is 3. The Hall–Kier alpha value is -0.610. The number of carbonyl (C=O) groups excluding carboxylic acids is 1. The molecule has 0 saturated heterocycles. The number of aliphatic hydroxyl groups excluding tert-OH is 1. The monoisotopic (exact) mass is 228 g/mol. The Morgan fingerprint density at radius 3 is 2.56 bits per heavy atom. The maximum Gasteiger partial charge on any atom is 0.224 e. The van der Waals surface area contributed by atoms with Crippen LogP contribution in [0.3, 0.4) is 0 Å². The van der Waals surface area contributed by atoms with Gasteiger partial charge in [0.25, 0.3) is 0 Å². The SMILES string of the molecule is CCN(CCCO)C(=O)CC1(N)CCCC1. The Bertz CT molecular complexity index is 225. The highest BCUT2D eigenvalue weighted by molar-refractivity contribution is 5.77. The van der Waals surface area contributed by atoms with E-state index >= 15 is 0 Å². The van der Waals surface area contributed by atoms with Crippen LogP contribution in [0, 0.1) is 0 Å². The minimum atomic E-state index is -0.260. The molecular formula is C12H24N2O2. The first kappa shape index (κ1) is 13.5. The van der Waals surface area contributed by atoms with Crippen molar-refractivity contribution in [3.63, 3.8) is 0 Å². The van der Waals surface area contributed by atoms with E-state index in [0.717, 1.165) is 25.7 Å². The highest BCUT2D eigenvalue weighted by atomic mass is 16.3. The first-order chi connectivity index (χ1) is 7.61. The summed E-state index contributed by atoms with van der Waals surface area (Å²) in [5.41, 5.74) is 5.92. The molecule has 1 aliphatic carbocycles. The Morgan fingerprint density at radius 1 is 1.44 bits per heavy atom. The average molecular weight is 228 g/mol. The Labute approximate surface area is 97.8 Å². The van der Waals surface area contributed by atoms with E-state index in [0.29, 0.717) is 25.9 Å². The Balaban J connectivity index is 2.42. The smallest absolute Gasteiger partial charge is 0.224 e. The number of nitrogens with zero attached hydrogens (tertiary/aromatic N) is 1. The summed E-state index contributed by atoms with van der Waals surface area (Å²) in [5, 5.41) is 8.76. The predicted molar refractivity (Wildman–Crippen MR) is 64.0 cm³/mol. The van der Waals surface area contributed by atoms with Crippen molar-refractivity contribution in [3.05, 3.63) is 0 Å². The van der Waals surface area contributed by atoms with Crippen LogP contribution in [-0.4, -0.2) is 41.1 Å². The van der Waals surface area contributed by atoms with Gasteiger partial charge in [0, 0.05) is 31.7 Å². The summed E-state index contributed by atoms with van der Waals surface area (Å²) in [7, 11) is 0. The van der Waals surface area contributed by atoms with E-state index in [1.54, 1.807) is 4.90 Å². The van der Waals surface area contributed by atoms with E-state index in [2.05, 4.69) is 0 Å². The molecule has 1 saturated carbocycles. The minimum Gasteiger partial charge on any atom is -0.396 e. The maximum atomic E-state index is 12.0. The van der Waals surface area contributed by atoms with Gasteiger partial charge in [0.15, 0.2) is 0 Å². The lowest BCUT2D eigenvalue weighted by atomic mass is 9.94. The molecule has 3 N–H and O–H groups in total. The van der Waals surface area contributed by atoms with Crippen LogP contribution in [-0.2, 0) is 4.79 Å². The van der Waals surface area contributed by atoms with Crippen molar-refractivity contribution < 1.29 is 9.90 Å². The van der Waals surface area contributed by atoms with E-state index in [1.165, 1.54) is 0 Å². The van der Waals surface area contributed by atoms with Gasteiger partial charge >= 0.3 is 0 Å². The van der Waals surface area contributed by atoms with Gasteiger partial charge in [0.1, 0.15) is 0 Å². The quantitative estimate of drug-likeness (QED) is 0.709. The number of nitrogens with two attached hydrogens (primary N) is 1. The van der Waals surface area contributed by atoms with Crippen molar-refractivity contribution in [3.8, 4) is 0 Å². The van der Waals surface area contributed by atoms with Gasteiger partial charge in [-0.05, 0) is 26.2 Å². The standard InChI is InChI=1S/C12H24N2O2/c1-2-14(8-5-9-15)11(16)10-12(13)6-3-4-7-12/h15H,2-10,13H2,1H3. The largest absolute Gasteiger partial charge is 0.396 e. The highest BCUT2D eigenvalue weighted by Crippen LogP contribution is 2.30. The molecule has 0 radical (unpaired) electrons. The molecule has 4 heteroatoms. The second-order valence-corrected chi connectivity index (χ2v) is 4.80. The summed E-state index contributed by atoms with van der Waals surface area (Å²) in [6, 6.07) is 0. The molecule has 4 nitrogen and oxygen atoms in total. The lowest BCUT2D eigenvalue weighted by Crippen LogP contribution is -2.44. The van der Waals surface area contributed by atoms with E-state index in [4.69, 9.17) is 10.8 Å². The van der Waals surface area contributed by atoms with Crippen LogP contribution in [0.15, 0.2) is 0 Å². The summed E-state index contributed by atoms with van der Waals surface area (Å²) < 4.78 is 0. The Kier molecular flexibility index (Phi) is 5.22. The molecule has 0 unspecified atom stereocenters. The third-order valence-electron chi connectivity index (χ3n) is 3.42. The average Bonchev–Trinajstić information content (AvgIpc) is 2.66. The maximum absolute atomic E-state index is 12.0. The molecule has 0 bridgehead atoms. The van der Waals surface area contributed by atoms with E-state index in [9.17, 15) is 4.79 Å². The number of aliphatic hydroxyl groups is 1. The molecule has 1 fully saturated rings. The number of amides is 1. The van der Waals surface area contributed by atoms with Gasteiger partial charge in [-0.15, -0.1) is 0 Å². The van der Waals surface area contributed by atoms with Crippen LogP contribution in [0.5, 0.6) is 0 Å². The summed E-state index contributed by atoms with van der Waals surface area (Å²) >= 11 is 0. The summed E-state index contributed by atoms with van der Waals surface area (Å²) in [6.07, 6.45) is 5.34. The molecule has 1 rings (SSSR count). The topological polar surface area (TPSA) is 66.6 Å². The second kappa shape index (κ2) is 6.21. The molecule has 0 aromatic rings. The van der Waals surface area contributed by atoms with Crippen LogP contribution >= 0.6 is 0 Å². The number of carbonyl (C=O) groups is 1. The zero-order chi connectivity index (χ0) is 12.0. The number of hydrogen-bond donors (Lipinski definition) is 2. The molecule has 1 aliphatic rings. The molecule has 16 heavy (non-hydrogen) atoms. The summed E-state index contributed by atoms with van der Waals surface area (Å²) in [5.74, 6) is 0.139. The minimum absolute atomic E-state index is 0.136. The summed E-state index contributed by atoms with van der Waals surface area (Å²) in [6.45, 7) is 3.45. The molecular weight excluding hydrogens is 204 g/mol. The molecule has 0 spiro atoms. The van der Waals surface area contributed by atoms with Gasteiger partial charge in [-0.1, -0.05) is 12.8 Å². The highest BCUT2D eigenvalue weighted by Gasteiger charge is 2.32. The molecule has 0 aromatic heterocycles. The fourth-order valence-electron chi connectivity index (χ4n) is 2.39. The fourth-order valence-corrected chi connectivity index (χ4v) is 2.39. The van der Waals surface area contributed by atoms with Gasteiger partial charge in [-0.25, -0.2) is 0 Å². The fraction of sp³-hybridized carbons (Fsp3) is 0.917. The zero-order valence-corrected chi connectivity index (χ0v) is 10.2. The van der Waals surface area contributed by atoms with Gasteiger partial charge in [0.2, 0.25) is 5.91 Å². The van der Waals surface area contributed by atoms with Gasteiger partial charge in [-0.3, -0.25) is 4.79 Å². The lowest BCUT2D eigenvalue weighted by Gasteiger charge is -2.27. The normalized spacial score (nSPS) is 18.7. The van der Waals surface area contributed by atoms with Crippen LogP contribution in [0.1, 0.15) is 45.4 Å². The molecule has 0 aliphatic heterocycles. The lowest BCUT2D eigenvalue weighted by molar-refractivity contribution is -0.132. The van der Waals surface area contributed by atoms with Crippen LogP contribution < -0.4 is 5.73 Å². The third kappa shape index (κ3) is 3.76. The molecule has 94 valence electrons. The first-order valence-corrected chi connectivity index (χ1v) is 6.29. The van der Waals surface area contributed by atoms with Gasteiger partial charge in [0.05, 0.1) is 0 Å². The van der Waals surface area contributed by atoms with Crippen molar-refractivity contribution in [1.82, 2.24) is 4.90 Å². The number of rotatable bonds is 6. The van der Waals surface area contributed by atoms with Crippen molar-refractivity contribution in [1.29, 1.82) is 0 Å². The van der Waals surface area contributed by atoms with Crippen LogP contribution in [0.25, 0.3) is 0 Å². The second-order valence-electron chi connectivity index (χ2n) is 4.80. The van der Waals surface area contributed by atoms with Crippen molar-refractivity contribution in [2.45, 2.75) is 51.0 Å². The van der Waals surface area contributed by atoms with E-state index in [-0.39, 0.29) is 18.1 Å². The van der Waals surface area contributed by atoms with E-state index in [1.807, 2.05) is 6.92 Å². The van der Waals surface area contributed by atoms with Crippen molar-refractivity contribution in [2.75, 3.05) is 19.7 Å². The van der Waals surface area contributed by atoms with Crippen LogP contribution in [0.4, 0.5) is 0 Å². The third-order valence-corrected chi connectivity index (χ3v) is 3.42.